The van der Waals surface area contributed by atoms with E-state index in [2.05, 4.69) is 20.5 Å². The predicted octanol–water partition coefficient (Wildman–Crippen LogP) is 2.90. The van der Waals surface area contributed by atoms with E-state index in [9.17, 15) is 4.79 Å². The van der Waals surface area contributed by atoms with Gasteiger partial charge in [0.15, 0.2) is 0 Å². The van der Waals surface area contributed by atoms with Gasteiger partial charge in [-0.25, -0.2) is 4.68 Å². The molecule has 3 rings (SSSR count). The van der Waals surface area contributed by atoms with Gasteiger partial charge in [-0.15, -0.1) is 5.10 Å². The van der Waals surface area contributed by atoms with Crippen molar-refractivity contribution in [1.29, 1.82) is 0 Å². The molecule has 2 aromatic carbocycles. The molecule has 1 N–H and O–H groups in total. The second-order valence-corrected chi connectivity index (χ2v) is 6.22. The summed E-state index contributed by atoms with van der Waals surface area (Å²) < 4.78 is 1.84. The molecule has 0 fully saturated rings. The van der Waals surface area contributed by atoms with Gasteiger partial charge in [0.1, 0.15) is 5.52 Å². The fraction of sp³-hybridized carbons (Fsp3) is 0.235. The third kappa shape index (κ3) is 3.72. The number of amides is 1. The summed E-state index contributed by atoms with van der Waals surface area (Å²) in [5.41, 5.74) is 2.80. The van der Waals surface area contributed by atoms with Crippen LogP contribution in [0.2, 0.25) is 5.02 Å². The number of likely N-dealkylation sites (N-methyl/N-ethyl adjacent to an activating group) is 1. The summed E-state index contributed by atoms with van der Waals surface area (Å²) in [6, 6.07) is 12.4. The number of halogens is 1. The highest BCUT2D eigenvalue weighted by Crippen LogP contribution is 2.18. The van der Waals surface area contributed by atoms with Crippen molar-refractivity contribution in [1.82, 2.24) is 19.9 Å². The standard InChI is InChI=1S/C17H18ClN5O/c1-22(2)8-9-23-16-7-6-12(10-15(16)20-21-23)17(24)19-14-5-3-4-13(18)11-14/h3-7,10-11H,8-9H2,1-2H3,(H,19,24). The van der Waals surface area contributed by atoms with Crippen molar-refractivity contribution in [2.75, 3.05) is 26.0 Å². The van der Waals surface area contributed by atoms with Crippen LogP contribution in [0.25, 0.3) is 11.0 Å². The molecule has 0 aliphatic carbocycles. The van der Waals surface area contributed by atoms with Crippen LogP contribution in [0, 0.1) is 0 Å². The van der Waals surface area contributed by atoms with E-state index in [1.807, 2.05) is 24.8 Å². The Bertz CT molecular complexity index is 874. The first-order valence-electron chi connectivity index (χ1n) is 7.58. The number of carbonyl (C=O) groups is 1. The Hall–Kier alpha value is -2.44. The largest absolute Gasteiger partial charge is 0.322 e. The number of carbonyl (C=O) groups excluding carboxylic acids is 1. The number of rotatable bonds is 5. The van der Waals surface area contributed by atoms with Crippen molar-refractivity contribution in [2.45, 2.75) is 6.54 Å². The highest BCUT2D eigenvalue weighted by molar-refractivity contribution is 6.31. The zero-order valence-electron chi connectivity index (χ0n) is 13.5. The Labute approximate surface area is 145 Å². The van der Waals surface area contributed by atoms with Crippen LogP contribution in [0.3, 0.4) is 0 Å². The van der Waals surface area contributed by atoms with Crippen molar-refractivity contribution in [3.05, 3.63) is 53.1 Å². The molecule has 0 aliphatic heterocycles. The molecule has 1 aromatic heterocycles. The number of benzene rings is 2. The van der Waals surface area contributed by atoms with Crippen molar-refractivity contribution in [2.24, 2.45) is 0 Å². The fourth-order valence-corrected chi connectivity index (χ4v) is 2.53. The first kappa shape index (κ1) is 16.4. The lowest BCUT2D eigenvalue weighted by Gasteiger charge is -2.09. The average molecular weight is 344 g/mol. The third-order valence-electron chi connectivity index (χ3n) is 3.62. The predicted molar refractivity (Wildman–Crippen MR) is 95.5 cm³/mol. The van der Waals surface area contributed by atoms with Crippen molar-refractivity contribution >= 4 is 34.2 Å². The summed E-state index contributed by atoms with van der Waals surface area (Å²) in [6.45, 7) is 1.62. The molecular formula is C17H18ClN5O. The highest BCUT2D eigenvalue weighted by Gasteiger charge is 2.11. The maximum absolute atomic E-state index is 12.4. The quantitative estimate of drug-likeness (QED) is 0.773. The van der Waals surface area contributed by atoms with E-state index >= 15 is 0 Å². The maximum Gasteiger partial charge on any atom is 0.255 e. The van der Waals surface area contributed by atoms with Gasteiger partial charge in [-0.05, 0) is 50.5 Å². The Kier molecular flexibility index (Phi) is 4.78. The Morgan fingerprint density at radius 2 is 2.08 bits per heavy atom. The minimum Gasteiger partial charge on any atom is -0.322 e. The molecule has 0 aliphatic rings. The SMILES string of the molecule is CN(C)CCn1nnc2cc(C(=O)Nc3cccc(Cl)c3)ccc21. The number of anilines is 1. The molecular weight excluding hydrogens is 326 g/mol. The summed E-state index contributed by atoms with van der Waals surface area (Å²) in [6.07, 6.45) is 0. The lowest BCUT2D eigenvalue weighted by Crippen LogP contribution is -2.19. The summed E-state index contributed by atoms with van der Waals surface area (Å²) >= 11 is 5.93. The van der Waals surface area contributed by atoms with Gasteiger partial charge in [0.2, 0.25) is 0 Å². The lowest BCUT2D eigenvalue weighted by molar-refractivity contribution is 0.102. The van der Waals surface area contributed by atoms with Gasteiger partial charge in [0.25, 0.3) is 5.91 Å². The number of aromatic nitrogens is 3. The molecule has 3 aromatic rings. The van der Waals surface area contributed by atoms with E-state index < -0.39 is 0 Å². The molecule has 0 saturated carbocycles. The normalized spacial score (nSPS) is 11.2. The van der Waals surface area contributed by atoms with E-state index in [1.54, 1.807) is 36.4 Å². The molecule has 0 atom stereocenters. The molecule has 7 heteroatoms. The lowest BCUT2D eigenvalue weighted by atomic mass is 10.2. The number of nitrogens with one attached hydrogen (secondary N) is 1. The molecule has 0 radical (unpaired) electrons. The fourth-order valence-electron chi connectivity index (χ4n) is 2.34. The van der Waals surface area contributed by atoms with Crippen molar-refractivity contribution in [3.63, 3.8) is 0 Å². The van der Waals surface area contributed by atoms with Crippen LogP contribution < -0.4 is 5.32 Å². The van der Waals surface area contributed by atoms with Gasteiger partial charge < -0.3 is 10.2 Å². The second kappa shape index (κ2) is 6.98. The molecule has 1 heterocycles. The van der Waals surface area contributed by atoms with Gasteiger partial charge >= 0.3 is 0 Å². The van der Waals surface area contributed by atoms with Crippen molar-refractivity contribution in [3.8, 4) is 0 Å². The topological polar surface area (TPSA) is 63.1 Å². The third-order valence-corrected chi connectivity index (χ3v) is 3.85. The molecule has 6 nitrogen and oxygen atoms in total. The highest BCUT2D eigenvalue weighted by atomic mass is 35.5. The molecule has 0 spiro atoms. The van der Waals surface area contributed by atoms with E-state index in [-0.39, 0.29) is 5.91 Å². The zero-order chi connectivity index (χ0) is 17.1. The summed E-state index contributed by atoms with van der Waals surface area (Å²) in [5, 5.41) is 11.7. The number of hydrogen-bond donors (Lipinski definition) is 1. The Morgan fingerprint density at radius 3 is 2.83 bits per heavy atom. The summed E-state index contributed by atoms with van der Waals surface area (Å²) in [5.74, 6) is -0.206. The molecule has 124 valence electrons. The van der Waals surface area contributed by atoms with Crippen LogP contribution in [-0.4, -0.2) is 46.4 Å². The van der Waals surface area contributed by atoms with Gasteiger partial charge in [0.05, 0.1) is 12.1 Å². The van der Waals surface area contributed by atoms with Crippen LogP contribution in [0.5, 0.6) is 0 Å². The molecule has 0 saturated heterocycles. The number of hydrogen-bond acceptors (Lipinski definition) is 4. The van der Waals surface area contributed by atoms with E-state index in [4.69, 9.17) is 11.6 Å². The first-order valence-corrected chi connectivity index (χ1v) is 7.95. The van der Waals surface area contributed by atoms with Gasteiger partial charge in [-0.1, -0.05) is 22.9 Å². The van der Waals surface area contributed by atoms with Crippen molar-refractivity contribution < 1.29 is 4.79 Å². The van der Waals surface area contributed by atoms with E-state index in [1.165, 1.54) is 0 Å². The molecule has 24 heavy (non-hydrogen) atoms. The molecule has 0 bridgehead atoms. The molecule has 1 amide bonds. The van der Waals surface area contributed by atoms with Crippen LogP contribution in [0.4, 0.5) is 5.69 Å². The number of fused-ring (bicyclic) bond motifs is 1. The number of nitrogens with zero attached hydrogens (tertiary/aromatic N) is 4. The summed E-state index contributed by atoms with van der Waals surface area (Å²) in [4.78, 5) is 14.5. The van der Waals surface area contributed by atoms with Crippen LogP contribution in [0.15, 0.2) is 42.5 Å². The Morgan fingerprint density at radius 1 is 1.25 bits per heavy atom. The van der Waals surface area contributed by atoms with Crippen LogP contribution in [0.1, 0.15) is 10.4 Å². The molecule has 0 unspecified atom stereocenters. The van der Waals surface area contributed by atoms with E-state index in [0.29, 0.717) is 21.8 Å². The minimum atomic E-state index is -0.206. The summed E-state index contributed by atoms with van der Waals surface area (Å²) in [7, 11) is 4.02. The second-order valence-electron chi connectivity index (χ2n) is 5.78. The smallest absolute Gasteiger partial charge is 0.255 e. The minimum absolute atomic E-state index is 0.206. The monoisotopic (exact) mass is 343 g/mol. The average Bonchev–Trinajstić information content (AvgIpc) is 2.95. The van der Waals surface area contributed by atoms with Gasteiger partial charge in [-0.2, -0.15) is 0 Å². The maximum atomic E-state index is 12.4. The van der Waals surface area contributed by atoms with Gasteiger partial charge in [-0.3, -0.25) is 4.79 Å². The Balaban J connectivity index is 1.79. The van der Waals surface area contributed by atoms with Crippen LogP contribution >= 0.6 is 11.6 Å². The first-order chi connectivity index (χ1) is 11.5. The zero-order valence-corrected chi connectivity index (χ0v) is 14.3. The van der Waals surface area contributed by atoms with Gasteiger partial charge in [0, 0.05) is 22.8 Å². The van der Waals surface area contributed by atoms with Crippen LogP contribution in [-0.2, 0) is 6.54 Å². The van der Waals surface area contributed by atoms with E-state index in [0.717, 1.165) is 18.6 Å².